The zero-order chi connectivity index (χ0) is 21.0. The van der Waals surface area contributed by atoms with Crippen molar-refractivity contribution in [3.05, 3.63) is 35.7 Å². The molecule has 4 rings (SSSR count). The van der Waals surface area contributed by atoms with Gasteiger partial charge in [0.05, 0.1) is 0 Å². The van der Waals surface area contributed by atoms with Gasteiger partial charge < -0.3 is 9.42 Å². The van der Waals surface area contributed by atoms with Crippen LogP contribution in [0.25, 0.3) is 11.4 Å². The van der Waals surface area contributed by atoms with Gasteiger partial charge in [0.25, 0.3) is 0 Å². The number of nitrogens with zero attached hydrogens (tertiary/aromatic N) is 3. The molecule has 1 amide bonds. The highest BCUT2D eigenvalue weighted by atomic mass is 19.4. The highest BCUT2D eigenvalue weighted by molar-refractivity contribution is 5.87. The topological polar surface area (TPSA) is 59.2 Å². The van der Waals surface area contributed by atoms with Gasteiger partial charge in [-0.3, -0.25) is 4.79 Å². The lowest BCUT2D eigenvalue weighted by Crippen LogP contribution is -2.44. The average Bonchev–Trinajstić information content (AvgIpc) is 3.55. The maximum atomic E-state index is 13.3. The number of hydrogen-bond donors (Lipinski definition) is 0. The van der Waals surface area contributed by atoms with E-state index in [-0.39, 0.29) is 36.8 Å². The summed E-state index contributed by atoms with van der Waals surface area (Å²) >= 11 is 0. The van der Waals surface area contributed by atoms with Gasteiger partial charge in [-0.1, -0.05) is 29.4 Å². The van der Waals surface area contributed by atoms with Crippen LogP contribution in [0.1, 0.15) is 37.1 Å². The first-order chi connectivity index (χ1) is 13.5. The van der Waals surface area contributed by atoms with Crippen molar-refractivity contribution in [2.45, 2.75) is 50.6 Å². The number of halogens is 6. The Kier molecular flexibility index (Phi) is 4.39. The molecule has 0 bridgehead atoms. The number of alkyl halides is 6. The second-order valence-electron chi connectivity index (χ2n) is 7.36. The van der Waals surface area contributed by atoms with Crippen LogP contribution in [0.5, 0.6) is 0 Å². The van der Waals surface area contributed by atoms with Crippen molar-refractivity contribution in [3.8, 4) is 11.4 Å². The maximum Gasteiger partial charge on any atom is 0.471 e. The summed E-state index contributed by atoms with van der Waals surface area (Å²) in [6.45, 7) is 0.00164. The fourth-order valence-corrected chi connectivity index (χ4v) is 3.18. The smallest absolute Gasteiger partial charge is 0.335 e. The standard InChI is InChI=1S/C18H15F6N3O2/c19-17(20,21)14-25-13(26-29-14)11-3-1-10(2-4-11)9-27(12-5-6-12)15(28)16(7-8-16)18(22,23)24/h1-4,12H,5-9H2. The fraction of sp³-hybridized carbons (Fsp3) is 0.500. The lowest BCUT2D eigenvalue weighted by molar-refractivity contribution is -0.199. The summed E-state index contributed by atoms with van der Waals surface area (Å²) in [6.07, 6.45) is -8.42. The first-order valence-corrected chi connectivity index (χ1v) is 8.89. The van der Waals surface area contributed by atoms with E-state index < -0.39 is 29.6 Å². The van der Waals surface area contributed by atoms with Crippen LogP contribution in [0.15, 0.2) is 28.8 Å². The van der Waals surface area contributed by atoms with Gasteiger partial charge in [-0.25, -0.2) is 0 Å². The summed E-state index contributed by atoms with van der Waals surface area (Å²) < 4.78 is 81.8. The Morgan fingerprint density at radius 2 is 1.72 bits per heavy atom. The van der Waals surface area contributed by atoms with Gasteiger partial charge in [0.1, 0.15) is 5.41 Å². The monoisotopic (exact) mass is 419 g/mol. The van der Waals surface area contributed by atoms with E-state index in [2.05, 4.69) is 14.7 Å². The van der Waals surface area contributed by atoms with Gasteiger partial charge in [0.2, 0.25) is 11.7 Å². The molecule has 1 aromatic heterocycles. The molecule has 0 aliphatic heterocycles. The summed E-state index contributed by atoms with van der Waals surface area (Å²) in [6, 6.07) is 5.70. The minimum atomic E-state index is -4.76. The van der Waals surface area contributed by atoms with Crippen molar-refractivity contribution in [1.29, 1.82) is 0 Å². The molecule has 1 heterocycles. The van der Waals surface area contributed by atoms with Gasteiger partial charge in [-0.2, -0.15) is 31.3 Å². The number of rotatable bonds is 5. The highest BCUT2D eigenvalue weighted by Crippen LogP contribution is 2.59. The Hall–Kier alpha value is -2.59. The van der Waals surface area contributed by atoms with Crippen LogP contribution < -0.4 is 0 Å². The van der Waals surface area contributed by atoms with Crippen molar-refractivity contribution in [2.75, 3.05) is 0 Å². The Morgan fingerprint density at radius 3 is 2.17 bits per heavy atom. The number of carbonyl (C=O) groups is 1. The Morgan fingerprint density at radius 1 is 1.10 bits per heavy atom. The third-order valence-corrected chi connectivity index (χ3v) is 5.18. The van der Waals surface area contributed by atoms with Crippen LogP contribution >= 0.6 is 0 Å². The quantitative estimate of drug-likeness (QED) is 0.666. The molecule has 2 aliphatic carbocycles. The van der Waals surface area contributed by atoms with Gasteiger partial charge in [-0.05, 0) is 31.2 Å². The number of carbonyl (C=O) groups excluding carboxylic acids is 1. The fourth-order valence-electron chi connectivity index (χ4n) is 3.18. The first-order valence-electron chi connectivity index (χ1n) is 8.89. The Labute approximate surface area is 160 Å². The van der Waals surface area contributed by atoms with Gasteiger partial charge in [0, 0.05) is 18.2 Å². The molecule has 0 spiro atoms. The number of aromatic nitrogens is 2. The Balaban J connectivity index is 1.50. The molecular formula is C18H15F6N3O2. The molecule has 156 valence electrons. The molecule has 0 unspecified atom stereocenters. The minimum absolute atomic E-state index is 0.00164. The lowest BCUT2D eigenvalue weighted by atomic mass is 10.0. The molecule has 0 N–H and O–H groups in total. The van der Waals surface area contributed by atoms with Gasteiger partial charge >= 0.3 is 18.2 Å². The summed E-state index contributed by atoms with van der Waals surface area (Å²) in [5, 5.41) is 3.28. The molecule has 0 radical (unpaired) electrons. The zero-order valence-corrected chi connectivity index (χ0v) is 14.8. The molecule has 1 aromatic carbocycles. The van der Waals surface area contributed by atoms with E-state index in [9.17, 15) is 31.1 Å². The molecule has 2 fully saturated rings. The van der Waals surface area contributed by atoms with Crippen molar-refractivity contribution in [1.82, 2.24) is 15.0 Å². The highest BCUT2D eigenvalue weighted by Gasteiger charge is 2.70. The third kappa shape index (κ3) is 3.69. The summed E-state index contributed by atoms with van der Waals surface area (Å²) in [5.41, 5.74) is -1.45. The largest absolute Gasteiger partial charge is 0.471 e. The van der Waals surface area contributed by atoms with Crippen molar-refractivity contribution >= 4 is 5.91 Å². The van der Waals surface area contributed by atoms with Crippen LogP contribution in [0.4, 0.5) is 26.3 Å². The Bertz CT molecular complexity index is 911. The zero-order valence-electron chi connectivity index (χ0n) is 14.8. The molecule has 0 saturated heterocycles. The van der Waals surface area contributed by atoms with Crippen molar-refractivity contribution < 1.29 is 35.7 Å². The molecule has 2 saturated carbocycles. The SMILES string of the molecule is O=C(N(Cc1ccc(-c2noc(C(F)(F)F)n2)cc1)C1CC1)C1(C(F)(F)F)CC1. The van der Waals surface area contributed by atoms with Gasteiger partial charge in [-0.15, -0.1) is 0 Å². The summed E-state index contributed by atoms with van der Waals surface area (Å²) in [4.78, 5) is 17.2. The van der Waals surface area contributed by atoms with Crippen LogP contribution in [-0.4, -0.2) is 33.2 Å². The second kappa shape index (κ2) is 6.46. The van der Waals surface area contributed by atoms with E-state index in [0.29, 0.717) is 18.4 Å². The third-order valence-electron chi connectivity index (χ3n) is 5.18. The number of amides is 1. The van der Waals surface area contributed by atoms with Crippen LogP contribution in [0.2, 0.25) is 0 Å². The van der Waals surface area contributed by atoms with E-state index in [1.807, 2.05) is 0 Å². The molecule has 0 atom stereocenters. The van der Waals surface area contributed by atoms with Crippen molar-refractivity contribution in [3.63, 3.8) is 0 Å². The van der Waals surface area contributed by atoms with Crippen LogP contribution in [0, 0.1) is 5.41 Å². The van der Waals surface area contributed by atoms with Gasteiger partial charge in [0.15, 0.2) is 0 Å². The summed E-state index contributed by atoms with van der Waals surface area (Å²) in [5.74, 6) is -2.62. The molecule has 29 heavy (non-hydrogen) atoms. The predicted molar refractivity (Wildman–Crippen MR) is 86.0 cm³/mol. The second-order valence-corrected chi connectivity index (χ2v) is 7.36. The summed E-state index contributed by atoms with van der Waals surface area (Å²) in [7, 11) is 0. The van der Waals surface area contributed by atoms with E-state index >= 15 is 0 Å². The van der Waals surface area contributed by atoms with Crippen molar-refractivity contribution in [2.24, 2.45) is 5.41 Å². The van der Waals surface area contributed by atoms with Crippen LogP contribution in [-0.2, 0) is 17.5 Å². The predicted octanol–water partition coefficient (Wildman–Crippen LogP) is 4.59. The minimum Gasteiger partial charge on any atom is -0.335 e. The van der Waals surface area contributed by atoms with E-state index in [0.717, 1.165) is 0 Å². The maximum absolute atomic E-state index is 13.3. The molecule has 5 nitrogen and oxygen atoms in total. The van der Waals surface area contributed by atoms with Crippen LogP contribution in [0.3, 0.4) is 0 Å². The number of benzene rings is 1. The molecule has 2 aromatic rings. The molecule has 11 heteroatoms. The normalized spacial score (nSPS) is 18.6. The lowest BCUT2D eigenvalue weighted by Gasteiger charge is -2.29. The average molecular weight is 419 g/mol. The van der Waals surface area contributed by atoms with E-state index in [1.54, 1.807) is 0 Å². The molecular weight excluding hydrogens is 404 g/mol. The number of hydrogen-bond acceptors (Lipinski definition) is 4. The van der Waals surface area contributed by atoms with E-state index in [1.165, 1.54) is 29.2 Å². The molecule has 2 aliphatic rings. The van der Waals surface area contributed by atoms with E-state index in [4.69, 9.17) is 0 Å². The first kappa shape index (κ1) is 19.7.